The average molecular weight is 192 g/mol. The van der Waals surface area contributed by atoms with E-state index in [-0.39, 0.29) is 6.04 Å². The Bertz CT molecular complexity index is 345. The number of primary amides is 1. The molecule has 0 bridgehead atoms. The Morgan fingerprint density at radius 2 is 2.07 bits per heavy atom. The zero-order valence-corrected chi connectivity index (χ0v) is 8.79. The van der Waals surface area contributed by atoms with Gasteiger partial charge in [0.25, 0.3) is 5.91 Å². The molecular formula is C11H16N2O. The molecule has 3 nitrogen and oxygen atoms in total. The third-order valence-corrected chi connectivity index (χ3v) is 1.88. The van der Waals surface area contributed by atoms with Crippen molar-refractivity contribution in [3.05, 3.63) is 29.3 Å². The molecule has 3 N–H and O–H groups in total. The van der Waals surface area contributed by atoms with Crippen LogP contribution in [0.15, 0.2) is 18.2 Å². The Kier molecular flexibility index (Phi) is 3.12. The highest BCUT2D eigenvalue weighted by molar-refractivity contribution is 5.98. The van der Waals surface area contributed by atoms with Gasteiger partial charge < -0.3 is 11.1 Å². The Labute approximate surface area is 84.3 Å². The van der Waals surface area contributed by atoms with Crippen LogP contribution >= 0.6 is 0 Å². The maximum absolute atomic E-state index is 11.1. The first kappa shape index (κ1) is 10.6. The van der Waals surface area contributed by atoms with Crippen LogP contribution in [0.4, 0.5) is 5.69 Å². The molecule has 1 aromatic rings. The van der Waals surface area contributed by atoms with Crippen molar-refractivity contribution in [1.29, 1.82) is 0 Å². The van der Waals surface area contributed by atoms with Crippen LogP contribution < -0.4 is 11.1 Å². The van der Waals surface area contributed by atoms with Gasteiger partial charge in [0, 0.05) is 11.7 Å². The summed E-state index contributed by atoms with van der Waals surface area (Å²) in [7, 11) is 0. The average Bonchev–Trinajstić information content (AvgIpc) is 2.01. The van der Waals surface area contributed by atoms with Gasteiger partial charge in [-0.2, -0.15) is 0 Å². The van der Waals surface area contributed by atoms with Crippen molar-refractivity contribution >= 4 is 11.6 Å². The highest BCUT2D eigenvalue weighted by Gasteiger charge is 2.08. The van der Waals surface area contributed by atoms with Gasteiger partial charge in [0.05, 0.1) is 5.56 Å². The number of nitrogens with two attached hydrogens (primary N) is 1. The van der Waals surface area contributed by atoms with Crippen LogP contribution in [0.25, 0.3) is 0 Å². The molecule has 0 fully saturated rings. The number of hydrogen-bond donors (Lipinski definition) is 2. The number of anilines is 1. The van der Waals surface area contributed by atoms with Gasteiger partial charge in [0.15, 0.2) is 0 Å². The van der Waals surface area contributed by atoms with E-state index >= 15 is 0 Å². The number of carbonyl (C=O) groups is 1. The van der Waals surface area contributed by atoms with E-state index in [0.717, 1.165) is 11.3 Å². The van der Waals surface area contributed by atoms with Crippen LogP contribution in [-0.4, -0.2) is 11.9 Å². The van der Waals surface area contributed by atoms with Crippen LogP contribution in [0, 0.1) is 6.92 Å². The van der Waals surface area contributed by atoms with E-state index in [4.69, 9.17) is 5.73 Å². The molecule has 0 heterocycles. The first-order valence-corrected chi connectivity index (χ1v) is 4.67. The fraction of sp³-hybridized carbons (Fsp3) is 0.364. The van der Waals surface area contributed by atoms with Crippen molar-refractivity contribution in [2.24, 2.45) is 5.73 Å². The van der Waals surface area contributed by atoms with E-state index in [1.54, 1.807) is 6.07 Å². The normalized spacial score (nSPS) is 10.3. The van der Waals surface area contributed by atoms with Crippen LogP contribution in [0.3, 0.4) is 0 Å². The highest BCUT2D eigenvalue weighted by Crippen LogP contribution is 2.17. The number of amides is 1. The summed E-state index contributed by atoms with van der Waals surface area (Å²) < 4.78 is 0. The Morgan fingerprint density at radius 3 is 2.57 bits per heavy atom. The standard InChI is InChI=1S/C11H16N2O/c1-7(2)13-10-6-8(3)4-5-9(10)11(12)14/h4-7,13H,1-3H3,(H2,12,14). The van der Waals surface area contributed by atoms with Gasteiger partial charge in [-0.1, -0.05) is 6.07 Å². The number of nitrogens with one attached hydrogen (secondary N) is 1. The second kappa shape index (κ2) is 4.13. The number of hydrogen-bond acceptors (Lipinski definition) is 2. The molecule has 76 valence electrons. The molecule has 1 amide bonds. The number of rotatable bonds is 3. The first-order chi connectivity index (χ1) is 6.50. The Morgan fingerprint density at radius 1 is 1.43 bits per heavy atom. The lowest BCUT2D eigenvalue weighted by molar-refractivity contribution is 0.100. The Hall–Kier alpha value is -1.51. The minimum Gasteiger partial charge on any atom is -0.382 e. The maximum Gasteiger partial charge on any atom is 0.250 e. The second-order valence-corrected chi connectivity index (χ2v) is 3.71. The molecule has 0 aliphatic rings. The van der Waals surface area contributed by atoms with Crippen molar-refractivity contribution in [3.63, 3.8) is 0 Å². The molecule has 0 radical (unpaired) electrons. The molecule has 0 aliphatic heterocycles. The van der Waals surface area contributed by atoms with E-state index in [2.05, 4.69) is 5.32 Å². The van der Waals surface area contributed by atoms with Gasteiger partial charge in [-0.15, -0.1) is 0 Å². The molecule has 0 atom stereocenters. The molecule has 14 heavy (non-hydrogen) atoms. The molecule has 0 saturated heterocycles. The monoisotopic (exact) mass is 192 g/mol. The van der Waals surface area contributed by atoms with E-state index in [1.807, 2.05) is 32.9 Å². The zero-order chi connectivity index (χ0) is 10.7. The summed E-state index contributed by atoms with van der Waals surface area (Å²) >= 11 is 0. The summed E-state index contributed by atoms with van der Waals surface area (Å²) in [5, 5.41) is 3.19. The summed E-state index contributed by atoms with van der Waals surface area (Å²) in [4.78, 5) is 11.1. The Balaban J connectivity index is 3.09. The largest absolute Gasteiger partial charge is 0.382 e. The van der Waals surface area contributed by atoms with Gasteiger partial charge >= 0.3 is 0 Å². The topological polar surface area (TPSA) is 55.1 Å². The lowest BCUT2D eigenvalue weighted by Crippen LogP contribution is -2.17. The van der Waals surface area contributed by atoms with Crippen molar-refractivity contribution in [3.8, 4) is 0 Å². The smallest absolute Gasteiger partial charge is 0.250 e. The van der Waals surface area contributed by atoms with Gasteiger partial charge in [0.1, 0.15) is 0 Å². The van der Waals surface area contributed by atoms with E-state index in [0.29, 0.717) is 5.56 Å². The first-order valence-electron chi connectivity index (χ1n) is 4.67. The van der Waals surface area contributed by atoms with Crippen LogP contribution in [0.1, 0.15) is 29.8 Å². The quantitative estimate of drug-likeness (QED) is 0.768. The lowest BCUT2D eigenvalue weighted by atomic mass is 10.1. The molecule has 0 saturated carbocycles. The van der Waals surface area contributed by atoms with Crippen LogP contribution in [0.5, 0.6) is 0 Å². The molecule has 1 aromatic carbocycles. The van der Waals surface area contributed by atoms with Gasteiger partial charge in [-0.25, -0.2) is 0 Å². The summed E-state index contributed by atoms with van der Waals surface area (Å²) in [5.74, 6) is -0.395. The van der Waals surface area contributed by atoms with Crippen molar-refractivity contribution < 1.29 is 4.79 Å². The SMILES string of the molecule is Cc1ccc(C(N)=O)c(NC(C)C)c1. The molecule has 1 rings (SSSR count). The molecule has 0 unspecified atom stereocenters. The molecule has 0 aliphatic carbocycles. The van der Waals surface area contributed by atoms with Crippen molar-refractivity contribution in [2.45, 2.75) is 26.8 Å². The molecule has 0 spiro atoms. The maximum atomic E-state index is 11.1. The van der Waals surface area contributed by atoms with E-state index < -0.39 is 5.91 Å². The van der Waals surface area contributed by atoms with Crippen molar-refractivity contribution in [1.82, 2.24) is 0 Å². The minimum atomic E-state index is -0.395. The van der Waals surface area contributed by atoms with Crippen LogP contribution in [0.2, 0.25) is 0 Å². The zero-order valence-electron chi connectivity index (χ0n) is 8.79. The number of benzene rings is 1. The summed E-state index contributed by atoms with van der Waals surface area (Å²) in [6.45, 7) is 6.02. The van der Waals surface area contributed by atoms with Gasteiger partial charge in [-0.05, 0) is 38.5 Å². The summed E-state index contributed by atoms with van der Waals surface area (Å²) in [5.41, 5.74) is 7.73. The molecular weight excluding hydrogens is 176 g/mol. The minimum absolute atomic E-state index is 0.287. The third kappa shape index (κ3) is 2.49. The van der Waals surface area contributed by atoms with E-state index in [1.165, 1.54) is 0 Å². The van der Waals surface area contributed by atoms with E-state index in [9.17, 15) is 4.79 Å². The summed E-state index contributed by atoms with van der Waals surface area (Å²) in [6, 6.07) is 5.85. The fourth-order valence-corrected chi connectivity index (χ4v) is 1.30. The second-order valence-electron chi connectivity index (χ2n) is 3.71. The predicted molar refractivity (Wildman–Crippen MR) is 58.5 cm³/mol. The lowest BCUT2D eigenvalue weighted by Gasteiger charge is -2.13. The number of aryl methyl sites for hydroxylation is 1. The van der Waals surface area contributed by atoms with Gasteiger partial charge in [-0.3, -0.25) is 4.79 Å². The van der Waals surface area contributed by atoms with Crippen LogP contribution in [-0.2, 0) is 0 Å². The highest BCUT2D eigenvalue weighted by atomic mass is 16.1. The molecule has 3 heteroatoms. The van der Waals surface area contributed by atoms with Gasteiger partial charge in [0.2, 0.25) is 0 Å². The number of carbonyl (C=O) groups excluding carboxylic acids is 1. The fourth-order valence-electron chi connectivity index (χ4n) is 1.30. The molecule has 0 aromatic heterocycles. The predicted octanol–water partition coefficient (Wildman–Crippen LogP) is 1.91. The van der Waals surface area contributed by atoms with Crippen molar-refractivity contribution in [2.75, 3.05) is 5.32 Å². The summed E-state index contributed by atoms with van der Waals surface area (Å²) in [6.07, 6.45) is 0. The third-order valence-electron chi connectivity index (χ3n) is 1.88.